The van der Waals surface area contributed by atoms with Gasteiger partial charge in [0.2, 0.25) is 5.60 Å². The first-order chi connectivity index (χ1) is 20.0. The van der Waals surface area contributed by atoms with Crippen molar-refractivity contribution < 1.29 is 9.53 Å². The van der Waals surface area contributed by atoms with E-state index in [4.69, 9.17) is 4.74 Å². The Morgan fingerprint density at radius 2 is 0.976 bits per heavy atom. The van der Waals surface area contributed by atoms with Gasteiger partial charge in [0.15, 0.2) is 0 Å². The summed E-state index contributed by atoms with van der Waals surface area (Å²) in [5.74, 6) is 13.4. The smallest absolute Gasteiger partial charge is 0.304 e. The van der Waals surface area contributed by atoms with Crippen LogP contribution in [-0.4, -0.2) is 5.97 Å². The molecule has 2 aliphatic rings. The lowest BCUT2D eigenvalue weighted by atomic mass is 9.80. The minimum Gasteiger partial charge on any atom is -0.437 e. The largest absolute Gasteiger partial charge is 0.437 e. The first-order valence-corrected chi connectivity index (χ1v) is 13.7. The first kappa shape index (κ1) is 24.7. The maximum Gasteiger partial charge on any atom is 0.304 e. The topological polar surface area (TPSA) is 26.3 Å². The number of carbonyl (C=O) groups excluding carboxylic acids is 1. The van der Waals surface area contributed by atoms with E-state index in [1.165, 1.54) is 29.2 Å². The highest BCUT2D eigenvalue weighted by Crippen LogP contribution is 2.50. The van der Waals surface area contributed by atoms with Gasteiger partial charge in [-0.1, -0.05) is 121 Å². The van der Waals surface area contributed by atoms with E-state index in [0.29, 0.717) is 0 Å². The molecule has 0 fully saturated rings. The van der Waals surface area contributed by atoms with Crippen molar-refractivity contribution in [2.75, 3.05) is 0 Å². The molecule has 2 nitrogen and oxygen atoms in total. The number of ether oxygens (including phenoxy) is 1. The Labute approximate surface area is 240 Å². The average molecular weight is 527 g/mol. The molecule has 0 N–H and O–H groups in total. The molecule has 0 amide bonds. The number of rotatable bonds is 1. The van der Waals surface area contributed by atoms with Gasteiger partial charge in [0, 0.05) is 29.2 Å². The van der Waals surface area contributed by atoms with Crippen molar-refractivity contribution in [1.29, 1.82) is 0 Å². The first-order valence-electron chi connectivity index (χ1n) is 13.7. The maximum atomic E-state index is 12.4. The second-order valence-corrected chi connectivity index (χ2v) is 10.7. The quantitative estimate of drug-likeness (QED) is 0.164. The van der Waals surface area contributed by atoms with Gasteiger partial charge in [-0.25, -0.2) is 0 Å². The predicted octanol–water partition coefficient (Wildman–Crippen LogP) is 7.86. The lowest BCUT2D eigenvalue weighted by Crippen LogP contribution is -2.29. The molecule has 0 unspecified atom stereocenters. The zero-order chi connectivity index (χ0) is 28.0. The number of hydrogen-bond donors (Lipinski definition) is 0. The van der Waals surface area contributed by atoms with Gasteiger partial charge in [-0.2, -0.15) is 0 Å². The summed E-state index contributed by atoms with van der Waals surface area (Å²) in [5.41, 5.74) is 8.87. The number of fused-ring (bicyclic) bond motifs is 6. The summed E-state index contributed by atoms with van der Waals surface area (Å²) >= 11 is 0. The van der Waals surface area contributed by atoms with Gasteiger partial charge in [0.25, 0.3) is 0 Å². The van der Waals surface area contributed by atoms with E-state index >= 15 is 0 Å². The Hall–Kier alpha value is -5.31. The molecule has 0 spiro atoms. The third-order valence-electron chi connectivity index (χ3n) is 8.12. The normalized spacial score (nSPS) is 14.2. The van der Waals surface area contributed by atoms with Gasteiger partial charge >= 0.3 is 5.97 Å². The van der Waals surface area contributed by atoms with Gasteiger partial charge < -0.3 is 4.74 Å². The number of carbonyl (C=O) groups is 1. The molecule has 0 heterocycles. The molecular formula is C39H26O2. The Morgan fingerprint density at radius 1 is 0.561 bits per heavy atom. The minimum absolute atomic E-state index is 0.379. The van der Waals surface area contributed by atoms with Crippen LogP contribution in [0.3, 0.4) is 0 Å². The molecule has 2 aliphatic carbocycles. The molecule has 7 rings (SSSR count). The maximum absolute atomic E-state index is 12.4. The van der Waals surface area contributed by atoms with Crippen LogP contribution in [0.2, 0.25) is 0 Å². The monoisotopic (exact) mass is 526 g/mol. The van der Waals surface area contributed by atoms with E-state index in [2.05, 4.69) is 91.3 Å². The van der Waals surface area contributed by atoms with Crippen LogP contribution in [0.15, 0.2) is 121 Å². The van der Waals surface area contributed by atoms with Gasteiger partial charge in [-0.3, -0.25) is 4.79 Å². The molecule has 2 heteroatoms. The van der Waals surface area contributed by atoms with Crippen LogP contribution in [0.1, 0.15) is 47.2 Å². The fourth-order valence-corrected chi connectivity index (χ4v) is 6.30. The van der Waals surface area contributed by atoms with Crippen LogP contribution < -0.4 is 0 Å². The summed E-state index contributed by atoms with van der Waals surface area (Å²) in [6.07, 6.45) is 0. The summed E-state index contributed by atoms with van der Waals surface area (Å²) in [6.45, 7) is 3.63. The summed E-state index contributed by atoms with van der Waals surface area (Å²) in [4.78, 5) is 12.4. The second-order valence-electron chi connectivity index (χ2n) is 10.7. The summed E-state index contributed by atoms with van der Waals surface area (Å²) in [6, 6.07) is 41.0. The molecule has 5 aromatic carbocycles. The Bertz CT molecular complexity index is 1900. The number of benzene rings is 5. The van der Waals surface area contributed by atoms with Crippen LogP contribution >= 0.6 is 0 Å². The highest BCUT2D eigenvalue weighted by molar-refractivity contribution is 5.85. The highest BCUT2D eigenvalue weighted by atomic mass is 16.6. The standard InChI is InChI=1S/C39H26O2/c1-27(40)41-39(36-20-9-5-16-32(36)33-17-6-10-21-37(33)39)25-23-29-13-11-12-28(26-29)22-24-38(2)34-18-7-3-14-30(34)31-15-4-8-19-35(31)38/h3-21,26H,1-2H3. The average Bonchev–Trinajstić information content (AvgIpc) is 3.43. The molecule has 0 aromatic heterocycles. The molecule has 5 aromatic rings. The molecule has 0 aliphatic heterocycles. The van der Waals surface area contributed by atoms with Gasteiger partial charge in [-0.15, -0.1) is 0 Å². The Kier molecular flexibility index (Phi) is 5.67. The van der Waals surface area contributed by atoms with Crippen LogP contribution in [0, 0.1) is 23.7 Å². The lowest BCUT2D eigenvalue weighted by molar-refractivity contribution is -0.149. The van der Waals surface area contributed by atoms with E-state index in [-0.39, 0.29) is 5.97 Å². The molecule has 194 valence electrons. The molecule has 41 heavy (non-hydrogen) atoms. The van der Waals surface area contributed by atoms with Crippen LogP contribution in [0.5, 0.6) is 0 Å². The van der Waals surface area contributed by atoms with Crippen LogP contribution in [0.25, 0.3) is 22.3 Å². The zero-order valence-electron chi connectivity index (χ0n) is 22.9. The van der Waals surface area contributed by atoms with Crippen molar-refractivity contribution in [3.8, 4) is 45.9 Å². The number of hydrogen-bond acceptors (Lipinski definition) is 2. The third-order valence-corrected chi connectivity index (χ3v) is 8.12. The predicted molar refractivity (Wildman–Crippen MR) is 163 cm³/mol. The molecule has 0 saturated carbocycles. The van der Waals surface area contributed by atoms with E-state index < -0.39 is 11.0 Å². The fourth-order valence-electron chi connectivity index (χ4n) is 6.30. The molecule has 0 atom stereocenters. The van der Waals surface area contributed by atoms with Crippen molar-refractivity contribution in [3.05, 3.63) is 155 Å². The highest BCUT2D eigenvalue weighted by Gasteiger charge is 2.45. The number of esters is 1. The van der Waals surface area contributed by atoms with Gasteiger partial charge in [-0.05, 0) is 64.4 Å². The summed E-state index contributed by atoms with van der Waals surface area (Å²) in [5, 5.41) is 0. The van der Waals surface area contributed by atoms with Crippen molar-refractivity contribution in [2.45, 2.75) is 24.9 Å². The molecule has 0 saturated heterocycles. The zero-order valence-corrected chi connectivity index (χ0v) is 22.9. The minimum atomic E-state index is -1.18. The molecule has 0 radical (unpaired) electrons. The van der Waals surface area contributed by atoms with Crippen molar-refractivity contribution in [3.63, 3.8) is 0 Å². The van der Waals surface area contributed by atoms with Crippen molar-refractivity contribution in [1.82, 2.24) is 0 Å². The third kappa shape index (κ3) is 3.88. The lowest BCUT2D eigenvalue weighted by Gasteiger charge is -2.25. The summed E-state index contributed by atoms with van der Waals surface area (Å²) < 4.78 is 6.06. The SMILES string of the molecule is CC(=O)OC1(C#Cc2cccc(C#CC3(C)c4ccccc4-c4ccccc43)c2)c2ccccc2-c2ccccc21. The Morgan fingerprint density at radius 3 is 1.46 bits per heavy atom. The fraction of sp³-hybridized carbons (Fsp3) is 0.103. The van der Waals surface area contributed by atoms with Crippen molar-refractivity contribution in [2.24, 2.45) is 0 Å². The second kappa shape index (κ2) is 9.41. The van der Waals surface area contributed by atoms with Gasteiger partial charge in [0.1, 0.15) is 0 Å². The van der Waals surface area contributed by atoms with Gasteiger partial charge in [0.05, 0.1) is 5.41 Å². The van der Waals surface area contributed by atoms with E-state index in [1.54, 1.807) is 0 Å². The summed E-state index contributed by atoms with van der Waals surface area (Å²) in [7, 11) is 0. The molecule has 0 bridgehead atoms. The van der Waals surface area contributed by atoms with E-state index in [1.807, 2.05) is 60.7 Å². The molecular weight excluding hydrogens is 500 g/mol. The van der Waals surface area contributed by atoms with Crippen LogP contribution in [0.4, 0.5) is 0 Å². The Balaban J connectivity index is 1.30. The van der Waals surface area contributed by atoms with Crippen molar-refractivity contribution >= 4 is 5.97 Å². The van der Waals surface area contributed by atoms with Crippen LogP contribution in [-0.2, 0) is 20.5 Å². The van der Waals surface area contributed by atoms with E-state index in [9.17, 15) is 4.79 Å². The van der Waals surface area contributed by atoms with E-state index in [0.717, 1.165) is 33.4 Å².